The third-order valence-electron chi connectivity index (χ3n) is 8.52. The Kier molecular flexibility index (Phi) is 12.5. The number of hydrogen-bond donors (Lipinski definition) is 1. The molecule has 0 spiro atoms. The lowest BCUT2D eigenvalue weighted by Crippen LogP contribution is -2.40. The van der Waals surface area contributed by atoms with Crippen LogP contribution in [0.4, 0.5) is 0 Å². The molecule has 2 heterocycles. The van der Waals surface area contributed by atoms with Crippen LogP contribution in [-0.2, 0) is 13.0 Å². The Morgan fingerprint density at radius 3 is 2.51 bits per heavy atom. The third-order valence-corrected chi connectivity index (χ3v) is 8.52. The Labute approximate surface area is 248 Å². The van der Waals surface area contributed by atoms with Crippen LogP contribution in [0.1, 0.15) is 66.5 Å². The summed E-state index contributed by atoms with van der Waals surface area (Å²) in [6.45, 7) is 20.9. The van der Waals surface area contributed by atoms with Gasteiger partial charge in [0.05, 0.1) is 5.52 Å². The van der Waals surface area contributed by atoms with E-state index >= 15 is 0 Å². The second-order valence-electron chi connectivity index (χ2n) is 10.9. The normalized spacial score (nSPS) is 19.9. The summed E-state index contributed by atoms with van der Waals surface area (Å²) in [4.78, 5) is 7.39. The molecular formula is C38H48N2O. The van der Waals surface area contributed by atoms with Crippen molar-refractivity contribution in [3.05, 3.63) is 120 Å². The minimum absolute atomic E-state index is 0.424. The van der Waals surface area contributed by atoms with E-state index in [2.05, 4.69) is 117 Å². The molecule has 0 radical (unpaired) electrons. The van der Waals surface area contributed by atoms with Crippen LogP contribution in [-0.4, -0.2) is 34.7 Å². The highest BCUT2D eigenvalue weighted by Crippen LogP contribution is 2.34. The molecule has 3 aromatic rings. The van der Waals surface area contributed by atoms with Gasteiger partial charge in [0.15, 0.2) is 0 Å². The summed E-state index contributed by atoms with van der Waals surface area (Å²) in [5, 5.41) is 8.27. The van der Waals surface area contributed by atoms with Crippen molar-refractivity contribution >= 4 is 29.1 Å². The number of aliphatic hydroxyl groups is 1. The number of nitrogens with zero attached hydrogens (tertiary/aromatic N) is 2. The molecule has 1 fully saturated rings. The number of aromatic nitrogens is 1. The van der Waals surface area contributed by atoms with Gasteiger partial charge in [0.2, 0.25) is 0 Å². The number of allylic oxidation sites excluding steroid dienone is 4. The average Bonchev–Trinajstić information content (AvgIpc) is 3.00. The van der Waals surface area contributed by atoms with Gasteiger partial charge in [0.25, 0.3) is 0 Å². The number of para-hydroxylation sites is 1. The average molecular weight is 549 g/mol. The molecule has 3 heteroatoms. The van der Waals surface area contributed by atoms with Crippen LogP contribution in [0.25, 0.3) is 29.1 Å². The van der Waals surface area contributed by atoms with Crippen molar-refractivity contribution in [2.75, 3.05) is 13.7 Å². The fourth-order valence-corrected chi connectivity index (χ4v) is 6.24. The predicted molar refractivity (Wildman–Crippen MR) is 180 cm³/mol. The SMILES string of the molecule is C=C/C=C\c1c(C)cc(C=C)c(/C=C\C)c1CN1CCC(C)C(C=C)CCC1Cc1ccnc2ccccc12.CO. The highest BCUT2D eigenvalue weighted by Gasteiger charge is 2.28. The van der Waals surface area contributed by atoms with Crippen molar-refractivity contribution in [2.24, 2.45) is 11.8 Å². The summed E-state index contributed by atoms with van der Waals surface area (Å²) >= 11 is 0. The van der Waals surface area contributed by atoms with Gasteiger partial charge in [0, 0.05) is 31.3 Å². The number of benzene rings is 2. The molecule has 3 nitrogen and oxygen atoms in total. The number of hydrogen-bond acceptors (Lipinski definition) is 3. The van der Waals surface area contributed by atoms with Crippen molar-refractivity contribution in [2.45, 2.75) is 59.0 Å². The quantitative estimate of drug-likeness (QED) is 0.214. The van der Waals surface area contributed by atoms with Gasteiger partial charge in [0.1, 0.15) is 0 Å². The predicted octanol–water partition coefficient (Wildman–Crippen LogP) is 9.06. The number of aliphatic hydroxyl groups excluding tert-OH is 1. The third kappa shape index (κ3) is 7.81. The van der Waals surface area contributed by atoms with E-state index < -0.39 is 0 Å². The first-order valence-corrected chi connectivity index (χ1v) is 14.8. The molecule has 1 aliphatic rings. The fraction of sp³-hybridized carbons (Fsp3) is 0.342. The van der Waals surface area contributed by atoms with E-state index in [0.717, 1.165) is 38.6 Å². The minimum atomic E-state index is 0.424. The van der Waals surface area contributed by atoms with Gasteiger partial charge >= 0.3 is 0 Å². The summed E-state index contributed by atoms with van der Waals surface area (Å²) < 4.78 is 0. The first kappa shape index (κ1) is 32.0. The van der Waals surface area contributed by atoms with Gasteiger partial charge < -0.3 is 5.11 Å². The van der Waals surface area contributed by atoms with Crippen LogP contribution in [0.15, 0.2) is 86.6 Å². The molecule has 3 unspecified atom stereocenters. The number of aryl methyl sites for hydroxylation is 1. The summed E-state index contributed by atoms with van der Waals surface area (Å²) in [6.07, 6.45) is 21.2. The maximum absolute atomic E-state index is 7.00. The number of fused-ring (bicyclic) bond motifs is 1. The zero-order valence-electron chi connectivity index (χ0n) is 25.5. The topological polar surface area (TPSA) is 36.4 Å². The highest BCUT2D eigenvalue weighted by molar-refractivity contribution is 5.82. The zero-order chi connectivity index (χ0) is 29.8. The van der Waals surface area contributed by atoms with Crippen molar-refractivity contribution in [3.63, 3.8) is 0 Å². The van der Waals surface area contributed by atoms with Gasteiger partial charge in [-0.25, -0.2) is 0 Å². The monoisotopic (exact) mass is 548 g/mol. The first-order valence-electron chi connectivity index (χ1n) is 14.8. The largest absolute Gasteiger partial charge is 0.400 e. The standard InChI is InChI=1S/C37H44N2.CH4O/c1-7-11-15-33-28(6)24-30(10-4)34(14-8-2)36(33)26-39-23-21-27(5)29(9-3)18-19-32(39)25-31-20-22-38-37-17-13-12-16-35(31)37;1-2/h7-17,20,22,24,27,29,32H,1,3-4,18-19,21,23,25-26H2,2,5-6H3;2H,1H3/b14-8-,15-11-;. The van der Waals surface area contributed by atoms with Gasteiger partial charge in [-0.05, 0) is 103 Å². The van der Waals surface area contributed by atoms with E-state index in [0.29, 0.717) is 17.9 Å². The number of likely N-dealkylation sites (tertiary alicyclic amines) is 1. The molecule has 0 saturated carbocycles. The molecular weight excluding hydrogens is 500 g/mol. The van der Waals surface area contributed by atoms with Crippen molar-refractivity contribution in [3.8, 4) is 0 Å². The number of rotatable bonds is 9. The van der Waals surface area contributed by atoms with Crippen LogP contribution in [0, 0.1) is 18.8 Å². The van der Waals surface area contributed by atoms with E-state index in [1.807, 2.05) is 18.3 Å². The van der Waals surface area contributed by atoms with Crippen LogP contribution >= 0.6 is 0 Å². The molecule has 4 rings (SSSR count). The second-order valence-corrected chi connectivity index (χ2v) is 10.9. The molecule has 3 atom stereocenters. The summed E-state index contributed by atoms with van der Waals surface area (Å²) in [6, 6.07) is 13.5. The molecule has 2 aromatic carbocycles. The number of pyridine rings is 1. The molecule has 216 valence electrons. The van der Waals surface area contributed by atoms with Crippen molar-refractivity contribution in [1.82, 2.24) is 9.88 Å². The lowest BCUT2D eigenvalue weighted by Gasteiger charge is -2.38. The summed E-state index contributed by atoms with van der Waals surface area (Å²) in [5.74, 6) is 1.20. The molecule has 1 saturated heterocycles. The smallest absolute Gasteiger partial charge is 0.0704 e. The molecule has 41 heavy (non-hydrogen) atoms. The van der Waals surface area contributed by atoms with E-state index in [-0.39, 0.29) is 0 Å². The molecule has 0 aliphatic carbocycles. The zero-order valence-corrected chi connectivity index (χ0v) is 25.5. The Morgan fingerprint density at radius 1 is 1.02 bits per heavy atom. The van der Waals surface area contributed by atoms with Gasteiger partial charge in [-0.2, -0.15) is 0 Å². The van der Waals surface area contributed by atoms with Gasteiger partial charge in [-0.15, -0.1) is 6.58 Å². The Bertz CT molecular complexity index is 1380. The fourth-order valence-electron chi connectivity index (χ4n) is 6.24. The molecule has 1 aromatic heterocycles. The van der Waals surface area contributed by atoms with Crippen LogP contribution in [0.5, 0.6) is 0 Å². The van der Waals surface area contributed by atoms with E-state index in [9.17, 15) is 0 Å². The summed E-state index contributed by atoms with van der Waals surface area (Å²) in [7, 11) is 1.00. The summed E-state index contributed by atoms with van der Waals surface area (Å²) in [5.41, 5.74) is 8.87. The molecule has 0 bridgehead atoms. The van der Waals surface area contributed by atoms with Crippen molar-refractivity contribution < 1.29 is 5.11 Å². The first-order chi connectivity index (χ1) is 20.0. The van der Waals surface area contributed by atoms with Gasteiger partial charge in [-0.3, -0.25) is 9.88 Å². The Hall–Kier alpha value is -3.53. The lowest BCUT2D eigenvalue weighted by atomic mass is 9.82. The minimum Gasteiger partial charge on any atom is -0.400 e. The molecule has 1 aliphatic heterocycles. The van der Waals surface area contributed by atoms with Crippen LogP contribution < -0.4 is 0 Å². The Morgan fingerprint density at radius 2 is 1.80 bits per heavy atom. The van der Waals surface area contributed by atoms with Crippen LogP contribution in [0.2, 0.25) is 0 Å². The highest BCUT2D eigenvalue weighted by atomic mass is 16.2. The van der Waals surface area contributed by atoms with Gasteiger partial charge in [-0.1, -0.05) is 86.9 Å². The van der Waals surface area contributed by atoms with Crippen LogP contribution in [0.3, 0.4) is 0 Å². The lowest BCUT2D eigenvalue weighted by molar-refractivity contribution is 0.132. The Balaban J connectivity index is 0.00000226. The molecule has 1 N–H and O–H groups in total. The van der Waals surface area contributed by atoms with E-state index in [1.165, 1.54) is 51.6 Å². The van der Waals surface area contributed by atoms with Crippen molar-refractivity contribution in [1.29, 1.82) is 0 Å². The second kappa shape index (κ2) is 16.0. The van der Waals surface area contributed by atoms with E-state index in [4.69, 9.17) is 5.11 Å². The maximum atomic E-state index is 7.00. The maximum Gasteiger partial charge on any atom is 0.0704 e. The van der Waals surface area contributed by atoms with E-state index in [1.54, 1.807) is 0 Å². The molecule has 0 amide bonds.